The molecule has 9 nitrogen and oxygen atoms in total. The summed E-state index contributed by atoms with van der Waals surface area (Å²) < 4.78 is 5.51. The number of nitrogens with zero attached hydrogens (tertiary/aromatic N) is 3. The first-order valence-corrected chi connectivity index (χ1v) is 13.2. The summed E-state index contributed by atoms with van der Waals surface area (Å²) in [5.74, 6) is -0.418. The highest BCUT2D eigenvalue weighted by atomic mass is 16.5. The van der Waals surface area contributed by atoms with Gasteiger partial charge in [0.25, 0.3) is 0 Å². The summed E-state index contributed by atoms with van der Waals surface area (Å²) in [5, 5.41) is 6.10. The van der Waals surface area contributed by atoms with Crippen molar-refractivity contribution in [3.05, 3.63) is 46.2 Å². The van der Waals surface area contributed by atoms with Crippen LogP contribution in [-0.2, 0) is 9.53 Å². The molecule has 1 fully saturated rings. The van der Waals surface area contributed by atoms with Crippen molar-refractivity contribution in [2.75, 3.05) is 39.3 Å². The molecule has 3 rings (SSSR count). The third kappa shape index (κ3) is 6.63. The summed E-state index contributed by atoms with van der Waals surface area (Å²) in [4.78, 5) is 45.2. The van der Waals surface area contributed by atoms with Crippen molar-refractivity contribution in [2.24, 2.45) is 0 Å². The second kappa shape index (κ2) is 11.5. The number of hydrogen-bond donors (Lipinski definition) is 2. The molecule has 1 aromatic carbocycles. The van der Waals surface area contributed by atoms with Crippen molar-refractivity contribution < 1.29 is 19.1 Å². The first-order valence-electron chi connectivity index (χ1n) is 13.2. The van der Waals surface area contributed by atoms with Gasteiger partial charge in [-0.15, -0.1) is 0 Å². The van der Waals surface area contributed by atoms with Crippen LogP contribution in [0.3, 0.4) is 0 Å². The van der Waals surface area contributed by atoms with Gasteiger partial charge < -0.3 is 20.3 Å². The Morgan fingerprint density at radius 3 is 2.46 bits per heavy atom. The van der Waals surface area contributed by atoms with Gasteiger partial charge in [0.15, 0.2) is 0 Å². The van der Waals surface area contributed by atoms with Crippen molar-refractivity contribution in [2.45, 2.75) is 73.0 Å². The maximum atomic E-state index is 13.4. The quantitative estimate of drug-likeness (QED) is 0.566. The Balaban J connectivity index is 1.97. The van der Waals surface area contributed by atoms with Gasteiger partial charge in [0.2, 0.25) is 0 Å². The molecular weight excluding hydrogens is 470 g/mol. The van der Waals surface area contributed by atoms with E-state index in [1.807, 2.05) is 71.6 Å². The lowest BCUT2D eigenvalue weighted by atomic mass is 9.90. The number of rotatable bonds is 6. The highest BCUT2D eigenvalue weighted by Gasteiger charge is 2.39. The van der Waals surface area contributed by atoms with E-state index >= 15 is 0 Å². The van der Waals surface area contributed by atoms with Crippen LogP contribution in [0, 0.1) is 13.8 Å². The molecule has 1 aromatic rings. The maximum absolute atomic E-state index is 13.4. The summed E-state index contributed by atoms with van der Waals surface area (Å²) in [6.07, 6.45) is 0. The normalized spacial score (nSPS) is 21.1. The Morgan fingerprint density at radius 2 is 1.86 bits per heavy atom. The van der Waals surface area contributed by atoms with Gasteiger partial charge in [-0.2, -0.15) is 0 Å². The molecule has 0 bridgehead atoms. The standard InChI is InChI=1S/C28H43N5O4/c1-9-32-22(17-31-13-14-33(20(5)16-31)27(36)30-28(6,7)8)23(25(34)37-10-2)24(29-26(32)35)21-15-18(3)11-12-19(21)4/h11-12,15,20,24H,9-10,13-14,16-17H2,1-8H3,(H,29,35)(H,30,36)/t20-,24-/m0/s1. The van der Waals surface area contributed by atoms with Crippen LogP contribution in [0.25, 0.3) is 0 Å². The van der Waals surface area contributed by atoms with Gasteiger partial charge in [-0.25, -0.2) is 14.4 Å². The number of carbonyl (C=O) groups excluding carboxylic acids is 3. The van der Waals surface area contributed by atoms with Crippen molar-refractivity contribution in [1.82, 2.24) is 25.3 Å². The van der Waals surface area contributed by atoms with Crippen LogP contribution in [0.5, 0.6) is 0 Å². The molecule has 9 heteroatoms. The summed E-state index contributed by atoms with van der Waals surface area (Å²) >= 11 is 0. The number of amides is 4. The first kappa shape index (κ1) is 28.5. The average molecular weight is 514 g/mol. The van der Waals surface area contributed by atoms with Crippen LogP contribution in [-0.4, -0.2) is 83.6 Å². The van der Waals surface area contributed by atoms with E-state index < -0.39 is 12.0 Å². The monoisotopic (exact) mass is 513 g/mol. The molecule has 2 aliphatic rings. The lowest BCUT2D eigenvalue weighted by Gasteiger charge is -2.43. The van der Waals surface area contributed by atoms with Crippen molar-refractivity contribution in [3.8, 4) is 0 Å². The number of benzene rings is 1. The number of likely N-dealkylation sites (N-methyl/N-ethyl adjacent to an activating group) is 1. The molecule has 2 N–H and O–H groups in total. The third-order valence-electron chi connectivity index (χ3n) is 6.82. The van der Waals surface area contributed by atoms with Crippen LogP contribution in [0.1, 0.15) is 64.3 Å². The number of esters is 1. The fraction of sp³-hybridized carbons (Fsp3) is 0.607. The SMILES string of the molecule is CCOC(=O)C1=C(CN2CCN(C(=O)NC(C)(C)C)[C@@H](C)C2)N(CC)C(=O)N[C@H]1c1cc(C)ccc1C. The van der Waals surface area contributed by atoms with Gasteiger partial charge in [0.05, 0.1) is 18.2 Å². The molecule has 1 saturated heterocycles. The minimum Gasteiger partial charge on any atom is -0.463 e. The number of carbonyl (C=O) groups is 3. The Hall–Kier alpha value is -3.07. The van der Waals surface area contributed by atoms with Gasteiger partial charge in [0, 0.05) is 50.0 Å². The number of hydrogen-bond acceptors (Lipinski definition) is 5. The lowest BCUT2D eigenvalue weighted by Crippen LogP contribution is -2.59. The van der Waals surface area contributed by atoms with Gasteiger partial charge in [0.1, 0.15) is 0 Å². The minimum atomic E-state index is -0.597. The molecule has 2 aliphatic heterocycles. The highest BCUT2D eigenvalue weighted by molar-refractivity contribution is 5.95. The molecule has 2 atom stereocenters. The summed E-state index contributed by atoms with van der Waals surface area (Å²) in [6.45, 7) is 18.5. The molecule has 37 heavy (non-hydrogen) atoms. The predicted octanol–water partition coefficient (Wildman–Crippen LogP) is 3.72. The van der Waals surface area contributed by atoms with E-state index in [0.29, 0.717) is 44.0 Å². The minimum absolute atomic E-state index is 0.0231. The lowest BCUT2D eigenvalue weighted by molar-refractivity contribution is -0.139. The van der Waals surface area contributed by atoms with Crippen LogP contribution in [0.4, 0.5) is 9.59 Å². The molecule has 2 heterocycles. The average Bonchev–Trinajstić information content (AvgIpc) is 2.79. The van der Waals surface area contributed by atoms with E-state index in [9.17, 15) is 14.4 Å². The van der Waals surface area contributed by atoms with Crippen LogP contribution < -0.4 is 10.6 Å². The number of aryl methyl sites for hydroxylation is 2. The zero-order chi connectivity index (χ0) is 27.5. The largest absolute Gasteiger partial charge is 0.463 e. The van der Waals surface area contributed by atoms with E-state index in [2.05, 4.69) is 15.5 Å². The molecule has 0 spiro atoms. The smallest absolute Gasteiger partial charge is 0.338 e. The predicted molar refractivity (Wildman–Crippen MR) is 144 cm³/mol. The fourth-order valence-electron chi connectivity index (χ4n) is 5.04. The Labute approximate surface area is 221 Å². The summed E-state index contributed by atoms with van der Waals surface area (Å²) in [6, 6.07) is 5.13. The number of nitrogens with one attached hydrogen (secondary N) is 2. The van der Waals surface area contributed by atoms with E-state index in [0.717, 1.165) is 16.7 Å². The van der Waals surface area contributed by atoms with Gasteiger partial charge in [-0.05, 0) is 66.5 Å². The number of piperazine rings is 1. The Bertz CT molecular complexity index is 1060. The number of urea groups is 2. The number of ether oxygens (including phenoxy) is 1. The second-order valence-electron chi connectivity index (χ2n) is 11.0. The second-order valence-corrected chi connectivity index (χ2v) is 11.0. The van der Waals surface area contributed by atoms with Crippen LogP contribution in [0.15, 0.2) is 29.5 Å². The van der Waals surface area contributed by atoms with Gasteiger partial charge in [-0.1, -0.05) is 23.8 Å². The van der Waals surface area contributed by atoms with E-state index in [1.165, 1.54) is 0 Å². The van der Waals surface area contributed by atoms with E-state index in [4.69, 9.17) is 4.74 Å². The maximum Gasteiger partial charge on any atom is 0.338 e. The molecule has 0 unspecified atom stereocenters. The summed E-state index contributed by atoms with van der Waals surface area (Å²) in [5.41, 5.74) is 3.76. The summed E-state index contributed by atoms with van der Waals surface area (Å²) in [7, 11) is 0. The molecule has 4 amide bonds. The molecule has 204 valence electrons. The first-order chi connectivity index (χ1) is 17.4. The van der Waals surface area contributed by atoms with Crippen molar-refractivity contribution in [1.29, 1.82) is 0 Å². The zero-order valence-electron chi connectivity index (χ0n) is 23.6. The van der Waals surface area contributed by atoms with Gasteiger partial charge >= 0.3 is 18.0 Å². The van der Waals surface area contributed by atoms with Gasteiger partial charge in [-0.3, -0.25) is 9.80 Å². The van der Waals surface area contributed by atoms with E-state index in [-0.39, 0.29) is 30.2 Å². The van der Waals surface area contributed by atoms with Crippen LogP contribution in [0.2, 0.25) is 0 Å². The fourth-order valence-corrected chi connectivity index (χ4v) is 5.04. The molecule has 0 radical (unpaired) electrons. The molecule has 0 aliphatic carbocycles. The topological polar surface area (TPSA) is 94.2 Å². The Morgan fingerprint density at radius 1 is 1.16 bits per heavy atom. The van der Waals surface area contributed by atoms with Crippen LogP contribution >= 0.6 is 0 Å². The van der Waals surface area contributed by atoms with E-state index in [1.54, 1.807) is 11.8 Å². The van der Waals surface area contributed by atoms with Crippen molar-refractivity contribution >= 4 is 18.0 Å². The molecular formula is C28H43N5O4. The highest BCUT2D eigenvalue weighted by Crippen LogP contribution is 2.34. The molecule has 0 saturated carbocycles. The molecule has 0 aromatic heterocycles. The van der Waals surface area contributed by atoms with Crippen molar-refractivity contribution in [3.63, 3.8) is 0 Å². The Kier molecular flexibility index (Phi) is 8.89. The third-order valence-corrected chi connectivity index (χ3v) is 6.82. The zero-order valence-corrected chi connectivity index (χ0v) is 23.6.